The molecule has 0 aliphatic heterocycles. The molecule has 0 unspecified atom stereocenters. The standard InChI is InChI=1S/C19H21N3O3S/c1-4-22(12-17-20-18(21-25-17)16-10-7-11-26-16)19(23)14(3)24-15-9-6-5-8-13(15)2/h5-11,14H,4,12H2,1-3H3/t14-/m1/s1. The molecule has 0 spiro atoms. The van der Waals surface area contributed by atoms with E-state index in [-0.39, 0.29) is 12.5 Å². The Morgan fingerprint density at radius 2 is 2.12 bits per heavy atom. The Labute approximate surface area is 156 Å². The molecule has 1 amide bonds. The molecule has 6 nitrogen and oxygen atoms in total. The number of hydrogen-bond acceptors (Lipinski definition) is 6. The van der Waals surface area contributed by atoms with Crippen LogP contribution in [0.3, 0.4) is 0 Å². The van der Waals surface area contributed by atoms with Gasteiger partial charge in [-0.3, -0.25) is 4.79 Å². The molecular weight excluding hydrogens is 350 g/mol. The Morgan fingerprint density at radius 3 is 2.81 bits per heavy atom. The van der Waals surface area contributed by atoms with Gasteiger partial charge in [0.2, 0.25) is 11.7 Å². The molecule has 0 fully saturated rings. The van der Waals surface area contributed by atoms with Crippen molar-refractivity contribution in [2.45, 2.75) is 33.4 Å². The molecule has 136 valence electrons. The van der Waals surface area contributed by atoms with Crippen molar-refractivity contribution < 1.29 is 14.1 Å². The summed E-state index contributed by atoms with van der Waals surface area (Å²) < 4.78 is 11.1. The Hall–Kier alpha value is -2.67. The molecule has 0 saturated carbocycles. The summed E-state index contributed by atoms with van der Waals surface area (Å²) in [4.78, 5) is 19.7. The summed E-state index contributed by atoms with van der Waals surface area (Å²) in [5.41, 5.74) is 0.993. The third-order valence-corrected chi connectivity index (χ3v) is 4.84. The van der Waals surface area contributed by atoms with Gasteiger partial charge in [-0.1, -0.05) is 29.4 Å². The largest absolute Gasteiger partial charge is 0.481 e. The number of carbonyl (C=O) groups excluding carboxylic acids is 1. The van der Waals surface area contributed by atoms with E-state index in [1.165, 1.54) is 0 Å². The Morgan fingerprint density at radius 1 is 1.31 bits per heavy atom. The lowest BCUT2D eigenvalue weighted by Crippen LogP contribution is -2.40. The molecule has 1 atom stereocenters. The fraction of sp³-hybridized carbons (Fsp3) is 0.316. The molecule has 0 aliphatic rings. The minimum atomic E-state index is -0.601. The smallest absolute Gasteiger partial charge is 0.263 e. The predicted molar refractivity (Wildman–Crippen MR) is 100.0 cm³/mol. The van der Waals surface area contributed by atoms with Gasteiger partial charge in [0.25, 0.3) is 5.91 Å². The Balaban J connectivity index is 1.66. The number of hydrogen-bond donors (Lipinski definition) is 0. The molecule has 3 rings (SSSR count). The molecule has 7 heteroatoms. The number of nitrogens with zero attached hydrogens (tertiary/aromatic N) is 3. The Bertz CT molecular complexity index is 861. The monoisotopic (exact) mass is 371 g/mol. The van der Waals surface area contributed by atoms with Gasteiger partial charge in [-0.05, 0) is 43.8 Å². The van der Waals surface area contributed by atoms with Gasteiger partial charge in [0, 0.05) is 6.54 Å². The van der Waals surface area contributed by atoms with Crippen LogP contribution in [0.25, 0.3) is 10.7 Å². The first kappa shape index (κ1) is 18.1. The van der Waals surface area contributed by atoms with Crippen molar-refractivity contribution in [3.05, 3.63) is 53.2 Å². The number of benzene rings is 1. The fourth-order valence-electron chi connectivity index (χ4n) is 2.52. The molecule has 3 aromatic rings. The van der Waals surface area contributed by atoms with Crippen molar-refractivity contribution in [2.24, 2.45) is 0 Å². The van der Waals surface area contributed by atoms with Crippen LogP contribution < -0.4 is 4.74 Å². The van der Waals surface area contributed by atoms with Crippen molar-refractivity contribution in [3.63, 3.8) is 0 Å². The van der Waals surface area contributed by atoms with Crippen LogP contribution in [0.1, 0.15) is 25.3 Å². The Kier molecular flexibility index (Phi) is 5.68. The first-order chi connectivity index (χ1) is 12.6. The van der Waals surface area contributed by atoms with Crippen LogP contribution in [0.15, 0.2) is 46.3 Å². The minimum absolute atomic E-state index is 0.119. The van der Waals surface area contributed by atoms with E-state index < -0.39 is 6.10 Å². The third-order valence-electron chi connectivity index (χ3n) is 3.97. The molecule has 0 N–H and O–H groups in total. The van der Waals surface area contributed by atoms with Crippen molar-refractivity contribution in [1.29, 1.82) is 0 Å². The lowest BCUT2D eigenvalue weighted by atomic mass is 10.2. The maximum Gasteiger partial charge on any atom is 0.263 e. The van der Waals surface area contributed by atoms with E-state index in [1.54, 1.807) is 23.2 Å². The zero-order chi connectivity index (χ0) is 18.5. The summed E-state index contributed by atoms with van der Waals surface area (Å²) in [5.74, 6) is 1.54. The first-order valence-electron chi connectivity index (χ1n) is 8.46. The van der Waals surface area contributed by atoms with Gasteiger partial charge in [-0.25, -0.2) is 0 Å². The number of para-hydroxylation sites is 1. The van der Waals surface area contributed by atoms with E-state index in [1.807, 2.05) is 55.6 Å². The van der Waals surface area contributed by atoms with Crippen LogP contribution in [0.2, 0.25) is 0 Å². The van der Waals surface area contributed by atoms with Crippen LogP contribution in [0.5, 0.6) is 5.75 Å². The molecule has 0 aliphatic carbocycles. The molecule has 0 saturated heterocycles. The molecule has 2 aromatic heterocycles. The highest BCUT2D eigenvalue weighted by molar-refractivity contribution is 7.13. The van der Waals surface area contributed by atoms with Gasteiger partial charge in [-0.15, -0.1) is 11.3 Å². The maximum atomic E-state index is 12.7. The van der Waals surface area contributed by atoms with Crippen LogP contribution in [0, 0.1) is 6.92 Å². The number of aromatic nitrogens is 2. The number of amides is 1. The van der Waals surface area contributed by atoms with Crippen LogP contribution >= 0.6 is 11.3 Å². The van der Waals surface area contributed by atoms with Gasteiger partial charge in [0.05, 0.1) is 4.88 Å². The lowest BCUT2D eigenvalue weighted by molar-refractivity contribution is -0.138. The number of likely N-dealkylation sites (N-methyl/N-ethyl adjacent to an activating group) is 1. The van der Waals surface area contributed by atoms with E-state index in [0.29, 0.717) is 24.0 Å². The highest BCUT2D eigenvalue weighted by Gasteiger charge is 2.23. The first-order valence-corrected chi connectivity index (χ1v) is 9.34. The molecular formula is C19H21N3O3S. The van der Waals surface area contributed by atoms with E-state index in [0.717, 1.165) is 10.4 Å². The van der Waals surface area contributed by atoms with Gasteiger partial charge in [-0.2, -0.15) is 4.98 Å². The fourth-order valence-corrected chi connectivity index (χ4v) is 3.17. The summed E-state index contributed by atoms with van der Waals surface area (Å²) in [5, 5.41) is 5.94. The average Bonchev–Trinajstić information content (AvgIpc) is 3.32. The number of ether oxygens (including phenoxy) is 1. The van der Waals surface area contributed by atoms with Gasteiger partial charge < -0.3 is 14.2 Å². The summed E-state index contributed by atoms with van der Waals surface area (Å²) in [6, 6.07) is 11.5. The molecule has 1 aromatic carbocycles. The number of rotatable bonds is 7. The summed E-state index contributed by atoms with van der Waals surface area (Å²) in [6.45, 7) is 6.40. The van der Waals surface area contributed by atoms with E-state index >= 15 is 0 Å². The molecule has 0 bridgehead atoms. The topological polar surface area (TPSA) is 68.5 Å². The van der Waals surface area contributed by atoms with Crippen LogP contribution in [-0.2, 0) is 11.3 Å². The predicted octanol–water partition coefficient (Wildman–Crippen LogP) is 3.92. The number of carbonyl (C=O) groups is 1. The highest BCUT2D eigenvalue weighted by atomic mass is 32.1. The summed E-state index contributed by atoms with van der Waals surface area (Å²) in [6.07, 6.45) is -0.601. The SMILES string of the molecule is CCN(Cc1nc(-c2cccs2)no1)C(=O)[C@@H](C)Oc1ccccc1C. The normalized spacial score (nSPS) is 12.0. The van der Waals surface area contributed by atoms with Gasteiger partial charge in [0.15, 0.2) is 6.10 Å². The molecule has 26 heavy (non-hydrogen) atoms. The second-order valence-corrected chi connectivity index (χ2v) is 6.81. The van der Waals surface area contributed by atoms with E-state index in [9.17, 15) is 4.79 Å². The lowest BCUT2D eigenvalue weighted by Gasteiger charge is -2.24. The number of thiophene rings is 1. The molecule has 2 heterocycles. The average molecular weight is 371 g/mol. The summed E-state index contributed by atoms with van der Waals surface area (Å²) in [7, 11) is 0. The maximum absolute atomic E-state index is 12.7. The van der Waals surface area contributed by atoms with Gasteiger partial charge in [0.1, 0.15) is 12.3 Å². The highest BCUT2D eigenvalue weighted by Crippen LogP contribution is 2.22. The van der Waals surface area contributed by atoms with Crippen molar-refractivity contribution in [1.82, 2.24) is 15.0 Å². The van der Waals surface area contributed by atoms with E-state index in [2.05, 4.69) is 10.1 Å². The second kappa shape index (κ2) is 8.14. The van der Waals surface area contributed by atoms with Gasteiger partial charge >= 0.3 is 0 Å². The summed E-state index contributed by atoms with van der Waals surface area (Å²) >= 11 is 1.54. The second-order valence-electron chi connectivity index (χ2n) is 5.87. The quantitative estimate of drug-likeness (QED) is 0.630. The van der Waals surface area contributed by atoms with Crippen LogP contribution in [0.4, 0.5) is 0 Å². The zero-order valence-corrected chi connectivity index (χ0v) is 15.8. The van der Waals surface area contributed by atoms with Crippen molar-refractivity contribution in [2.75, 3.05) is 6.54 Å². The van der Waals surface area contributed by atoms with Crippen LogP contribution in [-0.4, -0.2) is 33.6 Å². The van der Waals surface area contributed by atoms with Crippen molar-refractivity contribution in [3.8, 4) is 16.5 Å². The number of aryl methyl sites for hydroxylation is 1. The zero-order valence-electron chi connectivity index (χ0n) is 15.0. The van der Waals surface area contributed by atoms with E-state index in [4.69, 9.17) is 9.26 Å². The van der Waals surface area contributed by atoms with Crippen molar-refractivity contribution >= 4 is 17.2 Å². The molecule has 0 radical (unpaired) electrons. The minimum Gasteiger partial charge on any atom is -0.481 e. The third kappa shape index (κ3) is 4.11.